The first-order valence-corrected chi connectivity index (χ1v) is 5.57. The summed E-state index contributed by atoms with van der Waals surface area (Å²) >= 11 is 5.56. The molecule has 0 fully saturated rings. The first kappa shape index (κ1) is 13.5. The highest BCUT2D eigenvalue weighted by Crippen LogP contribution is 2.19. The third-order valence-electron chi connectivity index (χ3n) is 2.16. The topological polar surface area (TPSA) is 43.4 Å². The number of halogens is 1. The average molecular weight is 253 g/mol. The zero-order chi connectivity index (χ0) is 12.8. The maximum Gasteiger partial charge on any atom is 0.159 e. The molecule has 0 bridgehead atoms. The van der Waals surface area contributed by atoms with Crippen molar-refractivity contribution in [2.24, 2.45) is 0 Å². The van der Waals surface area contributed by atoms with Crippen molar-refractivity contribution >= 4 is 23.7 Å². The molecular weight excluding hydrogens is 240 g/mol. The third kappa shape index (κ3) is 3.71. The molecule has 0 aliphatic rings. The van der Waals surface area contributed by atoms with Gasteiger partial charge in [0, 0.05) is 11.4 Å². The van der Waals surface area contributed by atoms with Gasteiger partial charge in [0.05, 0.1) is 5.56 Å². The largest absolute Gasteiger partial charge is 0.488 e. The minimum Gasteiger partial charge on any atom is -0.488 e. The Hall–Kier alpha value is -1.61. The van der Waals surface area contributed by atoms with Crippen LogP contribution in [0.1, 0.15) is 27.6 Å². The summed E-state index contributed by atoms with van der Waals surface area (Å²) in [5.41, 5.74) is 1.55. The highest BCUT2D eigenvalue weighted by Gasteiger charge is 2.07. The number of Topliss-reactive ketones (excluding diaryl/α,β-unsaturated/α-hetero) is 1. The van der Waals surface area contributed by atoms with Gasteiger partial charge in [0.25, 0.3) is 0 Å². The number of aldehydes is 1. The molecule has 1 aromatic carbocycles. The standard InChI is InChI=1S/C13H13ClO3/c1-9(6-14)8-17-13-4-3-11(10(2)16)5-12(13)7-15/h3-5,7H,1,6,8H2,2H3. The molecule has 0 saturated carbocycles. The molecule has 0 radical (unpaired) electrons. The maximum atomic E-state index is 11.1. The monoisotopic (exact) mass is 252 g/mol. The summed E-state index contributed by atoms with van der Waals surface area (Å²) in [6.45, 7) is 5.39. The minimum atomic E-state index is -0.0928. The van der Waals surface area contributed by atoms with Gasteiger partial charge in [0.2, 0.25) is 0 Å². The van der Waals surface area contributed by atoms with E-state index in [0.29, 0.717) is 29.0 Å². The summed E-state index contributed by atoms with van der Waals surface area (Å²) in [7, 11) is 0. The Labute approximate surface area is 105 Å². The lowest BCUT2D eigenvalue weighted by Gasteiger charge is -2.09. The Kier molecular flexibility index (Phi) is 4.91. The van der Waals surface area contributed by atoms with Crippen LogP contribution < -0.4 is 4.74 Å². The van der Waals surface area contributed by atoms with E-state index in [1.807, 2.05) is 0 Å². The van der Waals surface area contributed by atoms with Crippen LogP contribution in [0.3, 0.4) is 0 Å². The van der Waals surface area contributed by atoms with Gasteiger partial charge in [0.15, 0.2) is 12.1 Å². The van der Waals surface area contributed by atoms with E-state index >= 15 is 0 Å². The molecule has 90 valence electrons. The van der Waals surface area contributed by atoms with Crippen molar-refractivity contribution in [3.8, 4) is 5.75 Å². The van der Waals surface area contributed by atoms with Crippen molar-refractivity contribution in [1.82, 2.24) is 0 Å². The molecular formula is C13H13ClO3. The number of carbonyl (C=O) groups is 2. The Balaban J connectivity index is 2.89. The van der Waals surface area contributed by atoms with Crippen molar-refractivity contribution in [3.05, 3.63) is 41.5 Å². The van der Waals surface area contributed by atoms with Crippen molar-refractivity contribution in [2.45, 2.75) is 6.92 Å². The summed E-state index contributed by atoms with van der Waals surface area (Å²) in [6.07, 6.45) is 0.658. The summed E-state index contributed by atoms with van der Waals surface area (Å²) < 4.78 is 5.39. The van der Waals surface area contributed by atoms with Crippen LogP contribution >= 0.6 is 11.6 Å². The van der Waals surface area contributed by atoms with Gasteiger partial charge in [-0.2, -0.15) is 0 Å². The van der Waals surface area contributed by atoms with Crippen LogP contribution in [0.2, 0.25) is 0 Å². The van der Waals surface area contributed by atoms with E-state index in [0.717, 1.165) is 5.57 Å². The molecule has 0 amide bonds. The van der Waals surface area contributed by atoms with Crippen LogP contribution in [0, 0.1) is 0 Å². The molecule has 1 aromatic rings. The van der Waals surface area contributed by atoms with E-state index in [4.69, 9.17) is 16.3 Å². The summed E-state index contributed by atoms with van der Waals surface area (Å²) in [5.74, 6) is 0.642. The number of ketones is 1. The van der Waals surface area contributed by atoms with Gasteiger partial charge in [-0.25, -0.2) is 0 Å². The number of hydrogen-bond acceptors (Lipinski definition) is 3. The fourth-order valence-electron chi connectivity index (χ4n) is 1.21. The van der Waals surface area contributed by atoms with Crippen LogP contribution in [0.4, 0.5) is 0 Å². The first-order chi connectivity index (χ1) is 8.08. The Morgan fingerprint density at radius 1 is 1.53 bits per heavy atom. The number of benzene rings is 1. The van der Waals surface area contributed by atoms with E-state index in [9.17, 15) is 9.59 Å². The van der Waals surface area contributed by atoms with Gasteiger partial charge < -0.3 is 4.74 Å². The zero-order valence-corrected chi connectivity index (χ0v) is 10.3. The number of ether oxygens (including phenoxy) is 1. The Morgan fingerprint density at radius 3 is 2.76 bits per heavy atom. The molecule has 0 aromatic heterocycles. The lowest BCUT2D eigenvalue weighted by atomic mass is 10.1. The summed E-state index contributed by atoms with van der Waals surface area (Å²) in [5, 5.41) is 0. The van der Waals surface area contributed by atoms with Crippen LogP contribution in [0.5, 0.6) is 5.75 Å². The number of carbonyl (C=O) groups excluding carboxylic acids is 2. The van der Waals surface area contributed by atoms with E-state index in [1.54, 1.807) is 12.1 Å². The van der Waals surface area contributed by atoms with Crippen LogP contribution in [-0.4, -0.2) is 24.6 Å². The molecule has 4 heteroatoms. The van der Waals surface area contributed by atoms with Gasteiger partial charge >= 0.3 is 0 Å². The highest BCUT2D eigenvalue weighted by atomic mass is 35.5. The maximum absolute atomic E-state index is 11.1. The van der Waals surface area contributed by atoms with E-state index < -0.39 is 0 Å². The predicted molar refractivity (Wildman–Crippen MR) is 67.2 cm³/mol. The first-order valence-electron chi connectivity index (χ1n) is 5.04. The van der Waals surface area contributed by atoms with Gasteiger partial charge in [-0.3, -0.25) is 9.59 Å². The Bertz CT molecular complexity index is 452. The molecule has 0 heterocycles. The molecule has 0 N–H and O–H groups in total. The smallest absolute Gasteiger partial charge is 0.159 e. The second kappa shape index (κ2) is 6.21. The van der Waals surface area contributed by atoms with E-state index in [1.165, 1.54) is 13.0 Å². The van der Waals surface area contributed by atoms with Gasteiger partial charge in [-0.1, -0.05) is 6.58 Å². The molecule has 0 saturated heterocycles. The molecule has 0 atom stereocenters. The summed E-state index contributed by atoms with van der Waals surface area (Å²) in [6, 6.07) is 4.73. The second-order valence-corrected chi connectivity index (χ2v) is 3.87. The quantitative estimate of drug-likeness (QED) is 0.338. The highest BCUT2D eigenvalue weighted by molar-refractivity contribution is 6.19. The van der Waals surface area contributed by atoms with Crippen LogP contribution in [0.15, 0.2) is 30.4 Å². The zero-order valence-electron chi connectivity index (χ0n) is 9.53. The number of rotatable bonds is 6. The molecule has 1 rings (SSSR count). The normalized spacial score (nSPS) is 9.76. The molecule has 0 aliphatic heterocycles. The number of alkyl halides is 1. The molecule has 3 nitrogen and oxygen atoms in total. The van der Waals surface area contributed by atoms with Gasteiger partial charge in [-0.15, -0.1) is 11.6 Å². The average Bonchev–Trinajstić information content (AvgIpc) is 2.35. The van der Waals surface area contributed by atoms with Gasteiger partial charge in [0.1, 0.15) is 12.4 Å². The van der Waals surface area contributed by atoms with Crippen LogP contribution in [0.25, 0.3) is 0 Å². The van der Waals surface area contributed by atoms with Crippen molar-refractivity contribution < 1.29 is 14.3 Å². The van der Waals surface area contributed by atoms with E-state index in [-0.39, 0.29) is 12.4 Å². The fourth-order valence-corrected chi connectivity index (χ4v) is 1.29. The third-order valence-corrected chi connectivity index (χ3v) is 2.54. The lowest BCUT2D eigenvalue weighted by molar-refractivity contribution is 0.101. The number of hydrogen-bond donors (Lipinski definition) is 0. The molecule has 0 aliphatic carbocycles. The lowest BCUT2D eigenvalue weighted by Crippen LogP contribution is -2.04. The van der Waals surface area contributed by atoms with Crippen molar-refractivity contribution in [3.63, 3.8) is 0 Å². The molecule has 17 heavy (non-hydrogen) atoms. The fraction of sp³-hybridized carbons (Fsp3) is 0.231. The van der Waals surface area contributed by atoms with E-state index in [2.05, 4.69) is 6.58 Å². The van der Waals surface area contributed by atoms with Crippen molar-refractivity contribution in [1.29, 1.82) is 0 Å². The van der Waals surface area contributed by atoms with Gasteiger partial charge in [-0.05, 0) is 30.7 Å². The SMILES string of the molecule is C=C(CCl)COc1ccc(C(C)=O)cc1C=O. The van der Waals surface area contributed by atoms with Crippen molar-refractivity contribution in [2.75, 3.05) is 12.5 Å². The predicted octanol–water partition coefficient (Wildman–Crippen LogP) is 2.88. The molecule has 0 spiro atoms. The summed E-state index contributed by atoms with van der Waals surface area (Å²) in [4.78, 5) is 22.0. The van der Waals surface area contributed by atoms with Crippen LogP contribution in [-0.2, 0) is 0 Å². The minimum absolute atomic E-state index is 0.0928. The Morgan fingerprint density at radius 2 is 2.24 bits per heavy atom. The molecule has 0 unspecified atom stereocenters. The second-order valence-electron chi connectivity index (χ2n) is 3.60.